The molecule has 0 aliphatic carbocycles. The average Bonchev–Trinajstić information content (AvgIpc) is 2.17. The second-order valence-electron chi connectivity index (χ2n) is 1.47. The maximum atomic E-state index is 5.15. The first-order chi connectivity index (χ1) is 4.33. The Kier molecular flexibility index (Phi) is 2.78. The molecule has 4 heteroatoms. The minimum absolute atomic E-state index is 0.716. The van der Waals surface area contributed by atoms with E-state index in [9.17, 15) is 0 Å². The first-order valence-electron chi connectivity index (χ1n) is 2.66. The summed E-state index contributed by atoms with van der Waals surface area (Å²) in [7, 11) is 0. The minimum atomic E-state index is 0.716. The fourth-order valence-corrected chi connectivity index (χ4v) is 2.26. The van der Waals surface area contributed by atoms with Gasteiger partial charge in [-0.25, -0.2) is 0 Å². The number of aromatic nitrogens is 1. The monoisotopic (exact) mass is 249 g/mol. The Balaban J connectivity index is 2.61. The van der Waals surface area contributed by atoms with Crippen LogP contribution < -0.4 is 8.45 Å². The molecule has 0 N–H and O–H groups in total. The van der Waals surface area contributed by atoms with Crippen LogP contribution in [-0.4, -0.2) is 34.1 Å². The summed E-state index contributed by atoms with van der Waals surface area (Å²) in [5.74, 6) is 0. The van der Waals surface area contributed by atoms with E-state index in [1.165, 1.54) is 0 Å². The van der Waals surface area contributed by atoms with Gasteiger partial charge in [0, 0.05) is 0 Å². The second kappa shape index (κ2) is 3.41. The summed E-state index contributed by atoms with van der Waals surface area (Å²) in [4.78, 5) is 4.15. The Morgan fingerprint density at radius 1 is 1.89 bits per heavy atom. The molecular weight excluding hydrogens is 241 g/mol. The predicted octanol–water partition coefficient (Wildman–Crippen LogP) is 0.0679. The van der Waals surface area contributed by atoms with Gasteiger partial charge in [-0.2, -0.15) is 0 Å². The van der Waals surface area contributed by atoms with E-state index in [4.69, 9.17) is 4.74 Å². The molecule has 1 heterocycles. The van der Waals surface area contributed by atoms with Crippen LogP contribution in [0.5, 0.6) is 5.19 Å². The topological polar surface area (TPSA) is 22.1 Å². The van der Waals surface area contributed by atoms with Gasteiger partial charge in [0.1, 0.15) is 0 Å². The molecule has 0 bridgehead atoms. The van der Waals surface area contributed by atoms with Crippen molar-refractivity contribution in [2.24, 2.45) is 0 Å². The molecule has 0 amide bonds. The van der Waals surface area contributed by atoms with E-state index in [0.29, 0.717) is 6.61 Å². The normalized spacial score (nSPS) is 9.56. The number of hydrogen-bond donors (Lipinski definition) is 0. The quantitative estimate of drug-likeness (QED) is 0.691. The van der Waals surface area contributed by atoms with Crippen LogP contribution in [0.25, 0.3) is 0 Å². The number of nitrogens with zero attached hydrogens (tertiary/aromatic N) is 1. The van der Waals surface area contributed by atoms with Crippen LogP contribution in [0.3, 0.4) is 0 Å². The molecule has 1 aromatic heterocycles. The molecule has 0 aromatic carbocycles. The third kappa shape index (κ3) is 2.13. The third-order valence-electron chi connectivity index (χ3n) is 0.769. The van der Waals surface area contributed by atoms with Crippen LogP contribution in [0.4, 0.5) is 0 Å². The fourth-order valence-electron chi connectivity index (χ4n) is 0.459. The first-order valence-corrected chi connectivity index (χ1v) is 5.19. The van der Waals surface area contributed by atoms with Crippen molar-refractivity contribution in [3.63, 3.8) is 0 Å². The van der Waals surface area contributed by atoms with Gasteiger partial charge in [0.25, 0.3) is 0 Å². The van der Waals surface area contributed by atoms with Crippen molar-refractivity contribution in [2.75, 3.05) is 6.61 Å². The van der Waals surface area contributed by atoms with Crippen molar-refractivity contribution >= 4 is 37.6 Å². The molecule has 0 saturated carbocycles. The second-order valence-corrected chi connectivity index (χ2v) is 3.98. The molecule has 0 fully saturated rings. The molecule has 0 aliphatic heterocycles. The van der Waals surface area contributed by atoms with E-state index in [1.807, 2.05) is 12.3 Å². The zero-order valence-corrected chi connectivity index (χ0v) is 9.24. The Labute approximate surface area is 71.3 Å². The van der Waals surface area contributed by atoms with Gasteiger partial charge in [-0.05, 0) is 0 Å². The van der Waals surface area contributed by atoms with Crippen LogP contribution in [0.1, 0.15) is 6.92 Å². The van der Waals surface area contributed by atoms with Gasteiger partial charge in [0.15, 0.2) is 0 Å². The van der Waals surface area contributed by atoms with Crippen LogP contribution in [-0.2, 0) is 0 Å². The van der Waals surface area contributed by atoms with Crippen LogP contribution in [0, 0.1) is 0 Å². The van der Waals surface area contributed by atoms with Gasteiger partial charge in [0.2, 0.25) is 0 Å². The molecule has 0 atom stereocenters. The molecule has 0 spiro atoms. The summed E-state index contributed by atoms with van der Waals surface area (Å²) in [5.41, 5.74) is 0. The van der Waals surface area contributed by atoms with Crippen LogP contribution in [0.15, 0.2) is 5.38 Å². The Hall–Kier alpha value is 0.229. The molecule has 9 heavy (non-hydrogen) atoms. The number of ether oxygens (including phenoxy) is 1. The molecule has 0 aliphatic rings. The average molecular weight is 248 g/mol. The van der Waals surface area contributed by atoms with Crippen molar-refractivity contribution in [1.82, 2.24) is 4.98 Å². The maximum absolute atomic E-state index is 5.15. The van der Waals surface area contributed by atoms with E-state index in [0.717, 1.165) is 31.4 Å². The number of rotatable bonds is 2. The van der Waals surface area contributed by atoms with E-state index in [1.54, 1.807) is 11.3 Å². The summed E-state index contributed by atoms with van der Waals surface area (Å²) < 4.78 is 6.32. The summed E-state index contributed by atoms with van der Waals surface area (Å²) >= 11 is 2.65. The van der Waals surface area contributed by atoms with Gasteiger partial charge in [-0.1, -0.05) is 0 Å². The standard InChI is InChI=1S/C5H6NOS.Sn.H/c1-2-7-5-6-3-4-8-5;;/h4H,2H2,1H3;;. The Morgan fingerprint density at radius 2 is 2.67 bits per heavy atom. The van der Waals surface area contributed by atoms with Gasteiger partial charge in [-0.3, -0.25) is 0 Å². The van der Waals surface area contributed by atoms with Gasteiger partial charge < -0.3 is 0 Å². The Bertz CT molecular complexity index is 189. The molecule has 0 saturated heterocycles. The van der Waals surface area contributed by atoms with Gasteiger partial charge in [0.05, 0.1) is 0 Å². The van der Waals surface area contributed by atoms with Crippen molar-refractivity contribution < 1.29 is 4.74 Å². The zero-order valence-electron chi connectivity index (χ0n) is 5.13. The van der Waals surface area contributed by atoms with Crippen LogP contribution in [0.2, 0.25) is 0 Å². The predicted molar refractivity (Wildman–Crippen MR) is 40.1 cm³/mol. The van der Waals surface area contributed by atoms with Crippen LogP contribution >= 0.6 is 11.3 Å². The summed E-state index contributed by atoms with van der Waals surface area (Å²) in [6.07, 6.45) is 0. The third-order valence-corrected chi connectivity index (χ3v) is 3.07. The molecule has 1 rings (SSSR count). The van der Waals surface area contributed by atoms with Crippen molar-refractivity contribution in [3.05, 3.63) is 5.38 Å². The Morgan fingerprint density at radius 3 is 3.11 bits per heavy atom. The van der Waals surface area contributed by atoms with E-state index in [2.05, 4.69) is 4.98 Å². The molecule has 1 aromatic rings. The fraction of sp³-hybridized carbons (Fsp3) is 0.400. The van der Waals surface area contributed by atoms with Gasteiger partial charge >= 0.3 is 71.4 Å². The van der Waals surface area contributed by atoms with E-state index < -0.39 is 0 Å². The van der Waals surface area contributed by atoms with E-state index >= 15 is 0 Å². The molecule has 2 nitrogen and oxygen atoms in total. The summed E-state index contributed by atoms with van der Waals surface area (Å²) in [6, 6.07) is 0. The van der Waals surface area contributed by atoms with Gasteiger partial charge in [-0.15, -0.1) is 0 Å². The number of thiazole rings is 1. The summed E-state index contributed by atoms with van der Waals surface area (Å²) in [5, 5.41) is 2.84. The number of hydrogen-bond acceptors (Lipinski definition) is 3. The van der Waals surface area contributed by atoms with Crippen molar-refractivity contribution in [2.45, 2.75) is 6.92 Å². The zero-order chi connectivity index (χ0) is 6.69. The van der Waals surface area contributed by atoms with Crippen molar-refractivity contribution in [1.29, 1.82) is 0 Å². The first kappa shape index (κ1) is 7.34. The van der Waals surface area contributed by atoms with E-state index in [-0.39, 0.29) is 0 Å². The molecule has 0 unspecified atom stereocenters. The van der Waals surface area contributed by atoms with Crippen molar-refractivity contribution in [3.8, 4) is 5.19 Å². The molecule has 48 valence electrons. The molecule has 2 radical (unpaired) electrons. The summed E-state index contributed by atoms with van der Waals surface area (Å²) in [6.45, 7) is 2.68. The molecular formula is C5H7NOSSn. The SMILES string of the molecule is CCOc1n[c]([SnH])cs1.